The molecule has 158 valence electrons. The van der Waals surface area contributed by atoms with Gasteiger partial charge in [0.15, 0.2) is 0 Å². The molecule has 0 N–H and O–H groups in total. The quantitative estimate of drug-likeness (QED) is 0.238. The number of esters is 2. The van der Waals surface area contributed by atoms with Crippen molar-refractivity contribution in [1.82, 2.24) is 0 Å². The van der Waals surface area contributed by atoms with Gasteiger partial charge < -0.3 is 9.47 Å². The normalized spacial score (nSPS) is 11.8. The van der Waals surface area contributed by atoms with Crippen molar-refractivity contribution in [3.8, 4) is 0 Å². The van der Waals surface area contributed by atoms with Crippen LogP contribution in [-0.4, -0.2) is 18.5 Å². The molecule has 0 aliphatic rings. The van der Waals surface area contributed by atoms with E-state index in [4.69, 9.17) is 9.47 Å². The molecule has 1 atom stereocenters. The van der Waals surface area contributed by atoms with Crippen LogP contribution in [-0.2, 0) is 19.1 Å². The third kappa shape index (κ3) is 11.8. The fourth-order valence-corrected chi connectivity index (χ4v) is 3.14. The first-order valence-electron chi connectivity index (χ1n) is 11.1. The van der Waals surface area contributed by atoms with Crippen molar-refractivity contribution >= 4 is 11.9 Å². The zero-order valence-corrected chi connectivity index (χ0v) is 17.8. The summed E-state index contributed by atoms with van der Waals surface area (Å²) >= 11 is 0. The summed E-state index contributed by atoms with van der Waals surface area (Å²) in [6, 6.07) is 9.74. The molecule has 1 aromatic carbocycles. The first-order valence-corrected chi connectivity index (χ1v) is 11.1. The number of carbonyl (C=O) groups excluding carboxylic acids is 2. The number of ether oxygens (including phenoxy) is 2. The summed E-state index contributed by atoms with van der Waals surface area (Å²) in [6.45, 7) is 4.71. The van der Waals surface area contributed by atoms with Gasteiger partial charge in [-0.15, -0.1) is 0 Å². The molecule has 0 radical (unpaired) electrons. The monoisotopic (exact) mass is 390 g/mol. The van der Waals surface area contributed by atoms with Crippen molar-refractivity contribution in [3.05, 3.63) is 35.9 Å². The Hall–Kier alpha value is -1.84. The Bertz CT molecular complexity index is 527. The maximum Gasteiger partial charge on any atom is 0.306 e. The van der Waals surface area contributed by atoms with Crippen molar-refractivity contribution in [2.75, 3.05) is 6.61 Å². The predicted molar refractivity (Wildman–Crippen MR) is 113 cm³/mol. The Labute approximate surface area is 171 Å². The minimum atomic E-state index is -0.258. The molecule has 1 rings (SSSR count). The van der Waals surface area contributed by atoms with Crippen LogP contribution in [0.3, 0.4) is 0 Å². The summed E-state index contributed by atoms with van der Waals surface area (Å²) in [5.41, 5.74) is 1.00. The van der Waals surface area contributed by atoms with E-state index in [0.29, 0.717) is 13.0 Å². The van der Waals surface area contributed by atoms with Gasteiger partial charge in [-0.2, -0.15) is 0 Å². The first kappa shape index (κ1) is 24.2. The summed E-state index contributed by atoms with van der Waals surface area (Å²) in [7, 11) is 0. The average Bonchev–Trinajstić information content (AvgIpc) is 2.71. The fourth-order valence-electron chi connectivity index (χ4n) is 3.14. The molecule has 0 saturated heterocycles. The first-order chi connectivity index (χ1) is 13.7. The Kier molecular flexibility index (Phi) is 14.0. The van der Waals surface area contributed by atoms with E-state index in [9.17, 15) is 9.59 Å². The van der Waals surface area contributed by atoms with Gasteiger partial charge in [0.25, 0.3) is 0 Å². The lowest BCUT2D eigenvalue weighted by Gasteiger charge is -2.16. The molecule has 0 amide bonds. The lowest BCUT2D eigenvalue weighted by molar-refractivity contribution is -0.150. The Morgan fingerprint density at radius 1 is 0.786 bits per heavy atom. The molecule has 0 bridgehead atoms. The van der Waals surface area contributed by atoms with E-state index < -0.39 is 0 Å². The van der Waals surface area contributed by atoms with E-state index in [1.165, 1.54) is 38.5 Å². The minimum absolute atomic E-state index is 0.217. The minimum Gasteiger partial charge on any atom is -0.466 e. The number of hydrogen-bond donors (Lipinski definition) is 0. The third-order valence-corrected chi connectivity index (χ3v) is 4.84. The molecule has 0 fully saturated rings. The molecular formula is C24H38O4. The highest BCUT2D eigenvalue weighted by atomic mass is 16.5. The Morgan fingerprint density at radius 3 is 2.04 bits per heavy atom. The van der Waals surface area contributed by atoms with E-state index in [-0.39, 0.29) is 30.9 Å². The van der Waals surface area contributed by atoms with Crippen molar-refractivity contribution in [2.45, 2.75) is 97.0 Å². The highest BCUT2D eigenvalue weighted by Crippen LogP contribution is 2.21. The molecule has 0 aliphatic carbocycles. The van der Waals surface area contributed by atoms with Crippen molar-refractivity contribution in [2.24, 2.45) is 0 Å². The van der Waals surface area contributed by atoms with Crippen LogP contribution in [0.25, 0.3) is 0 Å². The number of hydrogen-bond acceptors (Lipinski definition) is 4. The van der Waals surface area contributed by atoms with Crippen LogP contribution in [0.15, 0.2) is 30.3 Å². The molecule has 4 heteroatoms. The topological polar surface area (TPSA) is 52.6 Å². The van der Waals surface area contributed by atoms with Crippen LogP contribution in [0.2, 0.25) is 0 Å². The molecule has 1 aromatic rings. The number of benzene rings is 1. The summed E-state index contributed by atoms with van der Waals surface area (Å²) in [6.07, 6.45) is 11.3. The van der Waals surface area contributed by atoms with Crippen LogP contribution in [0.4, 0.5) is 0 Å². The van der Waals surface area contributed by atoms with E-state index in [0.717, 1.165) is 24.8 Å². The molecule has 4 nitrogen and oxygen atoms in total. The maximum atomic E-state index is 12.0. The van der Waals surface area contributed by atoms with Gasteiger partial charge in [0.05, 0.1) is 6.61 Å². The summed E-state index contributed by atoms with van der Waals surface area (Å²) in [5, 5.41) is 0. The van der Waals surface area contributed by atoms with Crippen LogP contribution in [0, 0.1) is 0 Å². The maximum absolute atomic E-state index is 12.0. The SMILES string of the molecule is CCCCCCCCCCOC(=O)CCCC(=O)OC(CC)c1ccccc1. The van der Waals surface area contributed by atoms with E-state index >= 15 is 0 Å². The zero-order valence-electron chi connectivity index (χ0n) is 17.8. The second-order valence-electron chi connectivity index (χ2n) is 7.35. The third-order valence-electron chi connectivity index (χ3n) is 4.84. The summed E-state index contributed by atoms with van der Waals surface area (Å²) < 4.78 is 10.8. The van der Waals surface area contributed by atoms with Crippen molar-refractivity contribution < 1.29 is 19.1 Å². The largest absolute Gasteiger partial charge is 0.466 e. The van der Waals surface area contributed by atoms with Crippen molar-refractivity contribution in [1.29, 1.82) is 0 Å². The van der Waals surface area contributed by atoms with E-state index in [2.05, 4.69) is 6.92 Å². The van der Waals surface area contributed by atoms with Gasteiger partial charge in [-0.25, -0.2) is 0 Å². The second-order valence-corrected chi connectivity index (χ2v) is 7.35. The van der Waals surface area contributed by atoms with Gasteiger partial charge in [0, 0.05) is 12.8 Å². The average molecular weight is 391 g/mol. The molecular weight excluding hydrogens is 352 g/mol. The fraction of sp³-hybridized carbons (Fsp3) is 0.667. The molecule has 0 heterocycles. The Morgan fingerprint density at radius 2 is 1.39 bits per heavy atom. The van der Waals surface area contributed by atoms with E-state index in [1.54, 1.807) is 0 Å². The van der Waals surface area contributed by atoms with Gasteiger partial charge in [-0.3, -0.25) is 9.59 Å². The molecule has 0 aromatic heterocycles. The lowest BCUT2D eigenvalue weighted by atomic mass is 10.1. The summed E-state index contributed by atoms with van der Waals surface area (Å²) in [4.78, 5) is 23.8. The highest BCUT2D eigenvalue weighted by molar-refractivity contribution is 5.72. The predicted octanol–water partition coefficient (Wildman–Crippen LogP) is 6.54. The standard InChI is InChI=1S/C24H38O4/c1-3-5-6-7-8-9-10-14-20-27-23(25)18-15-19-24(26)28-22(4-2)21-16-12-11-13-17-21/h11-13,16-17,22H,3-10,14-15,18-20H2,1-2H3. The van der Waals surface area contributed by atoms with Gasteiger partial charge in [0.2, 0.25) is 0 Å². The van der Waals surface area contributed by atoms with Gasteiger partial charge >= 0.3 is 11.9 Å². The van der Waals surface area contributed by atoms with Crippen LogP contribution in [0.1, 0.15) is 103 Å². The van der Waals surface area contributed by atoms with Gasteiger partial charge in [-0.05, 0) is 24.8 Å². The highest BCUT2D eigenvalue weighted by Gasteiger charge is 2.15. The molecule has 1 unspecified atom stereocenters. The Balaban J connectivity index is 2.04. The van der Waals surface area contributed by atoms with Crippen LogP contribution < -0.4 is 0 Å². The molecule has 0 spiro atoms. The zero-order chi connectivity index (χ0) is 20.5. The van der Waals surface area contributed by atoms with Crippen LogP contribution >= 0.6 is 0 Å². The van der Waals surface area contributed by atoms with Gasteiger partial charge in [-0.1, -0.05) is 89.1 Å². The number of rotatable bonds is 16. The molecule has 0 aliphatic heterocycles. The summed E-state index contributed by atoms with van der Waals surface area (Å²) in [5.74, 6) is -0.475. The second kappa shape index (κ2) is 16.1. The number of carbonyl (C=O) groups is 2. The smallest absolute Gasteiger partial charge is 0.306 e. The van der Waals surface area contributed by atoms with Gasteiger partial charge in [0.1, 0.15) is 6.10 Å². The van der Waals surface area contributed by atoms with Crippen molar-refractivity contribution in [3.63, 3.8) is 0 Å². The lowest BCUT2D eigenvalue weighted by Crippen LogP contribution is -2.12. The van der Waals surface area contributed by atoms with E-state index in [1.807, 2.05) is 37.3 Å². The number of unbranched alkanes of at least 4 members (excludes halogenated alkanes) is 7. The van der Waals surface area contributed by atoms with Crippen LogP contribution in [0.5, 0.6) is 0 Å². The molecule has 28 heavy (non-hydrogen) atoms. The molecule has 0 saturated carbocycles.